The van der Waals surface area contributed by atoms with E-state index in [1.165, 1.54) is 5.56 Å². The van der Waals surface area contributed by atoms with Crippen LogP contribution >= 0.6 is 0 Å². The van der Waals surface area contributed by atoms with Crippen molar-refractivity contribution in [2.75, 3.05) is 13.1 Å². The summed E-state index contributed by atoms with van der Waals surface area (Å²) < 4.78 is 1.76. The fourth-order valence-electron chi connectivity index (χ4n) is 4.48. The highest BCUT2D eigenvalue weighted by Gasteiger charge is 2.28. The van der Waals surface area contributed by atoms with Gasteiger partial charge >= 0.3 is 0 Å². The second kappa shape index (κ2) is 10.5. The average molecular weight is 458 g/mol. The predicted molar refractivity (Wildman–Crippen MR) is 133 cm³/mol. The molecule has 0 radical (unpaired) electrons. The minimum atomic E-state index is -0.516. The summed E-state index contributed by atoms with van der Waals surface area (Å²) in [5, 5.41) is 2.78. The normalized spacial score (nSPS) is 14.3. The van der Waals surface area contributed by atoms with Gasteiger partial charge in [0.1, 0.15) is 11.1 Å². The molecule has 34 heavy (non-hydrogen) atoms. The average Bonchev–Trinajstić information content (AvgIpc) is 2.85. The smallest absolute Gasteiger partial charge is 0.259 e. The highest BCUT2D eigenvalue weighted by Crippen LogP contribution is 2.28. The van der Waals surface area contributed by atoms with Gasteiger partial charge in [0.15, 0.2) is 0 Å². The van der Waals surface area contributed by atoms with Gasteiger partial charge in [-0.2, -0.15) is 0 Å². The standard InChI is InChI=1S/C28H31N3O3/c1-20(2)29-27(33)24-18-30(17-21-9-5-3-6-10-21)19-25(26(24)32)28(34)31-15-13-23(14-16-31)22-11-7-4-8-12-22/h3-12,18-20,23H,13-17H2,1-2H3,(H,29,33). The maximum Gasteiger partial charge on any atom is 0.259 e. The Morgan fingerprint density at radius 1 is 0.912 bits per heavy atom. The molecule has 6 nitrogen and oxygen atoms in total. The molecule has 0 saturated carbocycles. The third kappa shape index (κ3) is 5.45. The van der Waals surface area contributed by atoms with Crippen LogP contribution in [0.15, 0.2) is 77.9 Å². The first kappa shape index (κ1) is 23.5. The van der Waals surface area contributed by atoms with Gasteiger partial charge in [-0.3, -0.25) is 14.4 Å². The van der Waals surface area contributed by atoms with Crippen molar-refractivity contribution in [1.29, 1.82) is 0 Å². The molecule has 1 aliphatic heterocycles. The van der Waals surface area contributed by atoms with Crippen LogP contribution in [-0.4, -0.2) is 40.4 Å². The second-order valence-electron chi connectivity index (χ2n) is 9.18. The molecule has 0 aliphatic carbocycles. The number of hydrogen-bond donors (Lipinski definition) is 1. The Balaban J connectivity index is 1.60. The SMILES string of the molecule is CC(C)NC(=O)c1cn(Cc2ccccc2)cc(C(=O)N2CCC(c3ccccc3)CC2)c1=O. The van der Waals surface area contributed by atoms with Crippen LogP contribution < -0.4 is 10.7 Å². The summed E-state index contributed by atoms with van der Waals surface area (Å²) in [6, 6.07) is 20.0. The van der Waals surface area contributed by atoms with Crippen LogP contribution in [0, 0.1) is 0 Å². The molecule has 0 bridgehead atoms. The Morgan fingerprint density at radius 3 is 2.12 bits per heavy atom. The molecule has 1 N–H and O–H groups in total. The summed E-state index contributed by atoms with van der Waals surface area (Å²) in [7, 11) is 0. The van der Waals surface area contributed by atoms with E-state index in [9.17, 15) is 14.4 Å². The maximum absolute atomic E-state index is 13.4. The molecular weight excluding hydrogens is 426 g/mol. The van der Waals surface area contributed by atoms with Crippen LogP contribution in [0.4, 0.5) is 0 Å². The summed E-state index contributed by atoms with van der Waals surface area (Å²) in [6.45, 7) is 5.30. The molecule has 0 spiro atoms. The number of aromatic nitrogens is 1. The van der Waals surface area contributed by atoms with Crippen LogP contribution in [0.2, 0.25) is 0 Å². The topological polar surface area (TPSA) is 71.4 Å². The van der Waals surface area contributed by atoms with Gasteiger partial charge in [-0.25, -0.2) is 0 Å². The van der Waals surface area contributed by atoms with E-state index in [4.69, 9.17) is 0 Å². The van der Waals surface area contributed by atoms with E-state index in [0.29, 0.717) is 25.6 Å². The number of rotatable bonds is 6. The maximum atomic E-state index is 13.4. The molecule has 4 rings (SSSR count). The van der Waals surface area contributed by atoms with Crippen molar-refractivity contribution < 1.29 is 9.59 Å². The Bertz CT molecular complexity index is 1190. The number of piperidine rings is 1. The number of carbonyl (C=O) groups is 2. The van der Waals surface area contributed by atoms with E-state index in [0.717, 1.165) is 18.4 Å². The number of nitrogens with zero attached hydrogens (tertiary/aromatic N) is 2. The van der Waals surface area contributed by atoms with Gasteiger partial charge in [0.05, 0.1) is 0 Å². The van der Waals surface area contributed by atoms with E-state index in [1.807, 2.05) is 62.4 Å². The zero-order valence-corrected chi connectivity index (χ0v) is 19.7. The first-order valence-corrected chi connectivity index (χ1v) is 11.9. The van der Waals surface area contributed by atoms with Crippen molar-refractivity contribution in [3.63, 3.8) is 0 Å². The number of hydrogen-bond acceptors (Lipinski definition) is 3. The van der Waals surface area contributed by atoms with E-state index in [2.05, 4.69) is 17.4 Å². The Hall–Kier alpha value is -3.67. The van der Waals surface area contributed by atoms with Gasteiger partial charge < -0.3 is 14.8 Å². The summed E-state index contributed by atoms with van der Waals surface area (Å²) in [6.07, 6.45) is 4.83. The molecule has 1 saturated heterocycles. The molecule has 1 aliphatic rings. The molecule has 3 aromatic rings. The first-order valence-electron chi connectivity index (χ1n) is 11.9. The quantitative estimate of drug-likeness (QED) is 0.607. The zero-order valence-electron chi connectivity index (χ0n) is 19.7. The molecule has 1 aromatic heterocycles. The monoisotopic (exact) mass is 457 g/mol. The van der Waals surface area contributed by atoms with Crippen LogP contribution in [0.3, 0.4) is 0 Å². The number of nitrogens with one attached hydrogen (secondary N) is 1. The molecule has 6 heteroatoms. The van der Waals surface area contributed by atoms with Gasteiger partial charge in [0.25, 0.3) is 11.8 Å². The Kier molecular flexibility index (Phi) is 7.26. The predicted octanol–water partition coefficient (Wildman–Crippen LogP) is 4.05. The largest absolute Gasteiger partial charge is 0.350 e. The molecule has 176 valence electrons. The molecule has 2 heterocycles. The van der Waals surface area contributed by atoms with Crippen molar-refractivity contribution in [3.05, 3.63) is 106 Å². The number of likely N-dealkylation sites (tertiary alicyclic amines) is 1. The molecule has 0 atom stereocenters. The van der Waals surface area contributed by atoms with Crippen LogP contribution in [-0.2, 0) is 6.54 Å². The number of pyridine rings is 1. The molecule has 2 amide bonds. The van der Waals surface area contributed by atoms with Crippen molar-refractivity contribution in [2.45, 2.75) is 45.2 Å². The molecular formula is C28H31N3O3. The fraction of sp³-hybridized carbons (Fsp3) is 0.321. The van der Waals surface area contributed by atoms with E-state index < -0.39 is 11.3 Å². The van der Waals surface area contributed by atoms with Gasteiger partial charge in [-0.05, 0) is 43.7 Å². The van der Waals surface area contributed by atoms with Crippen molar-refractivity contribution in [1.82, 2.24) is 14.8 Å². The van der Waals surface area contributed by atoms with E-state index in [1.54, 1.807) is 21.9 Å². The van der Waals surface area contributed by atoms with E-state index >= 15 is 0 Å². The third-order valence-electron chi connectivity index (χ3n) is 6.24. The molecule has 0 unspecified atom stereocenters. The van der Waals surface area contributed by atoms with Gasteiger partial charge in [0.2, 0.25) is 5.43 Å². The molecule has 2 aromatic carbocycles. The first-order chi connectivity index (χ1) is 16.4. The molecule has 1 fully saturated rings. The number of benzene rings is 2. The lowest BCUT2D eigenvalue weighted by Gasteiger charge is -2.32. The van der Waals surface area contributed by atoms with Gasteiger partial charge in [0, 0.05) is 38.1 Å². The fourth-order valence-corrected chi connectivity index (χ4v) is 4.48. The second-order valence-corrected chi connectivity index (χ2v) is 9.18. The summed E-state index contributed by atoms with van der Waals surface area (Å²) in [5.74, 6) is -0.361. The number of carbonyl (C=O) groups excluding carboxylic acids is 2. The summed E-state index contributed by atoms with van der Waals surface area (Å²) >= 11 is 0. The lowest BCUT2D eigenvalue weighted by atomic mass is 9.89. The van der Waals surface area contributed by atoms with Crippen molar-refractivity contribution in [2.24, 2.45) is 0 Å². The lowest BCUT2D eigenvalue weighted by Crippen LogP contribution is -2.42. The third-order valence-corrected chi connectivity index (χ3v) is 6.24. The minimum absolute atomic E-state index is 0.00495. The Morgan fingerprint density at radius 2 is 1.50 bits per heavy atom. The highest BCUT2D eigenvalue weighted by molar-refractivity contribution is 5.99. The highest BCUT2D eigenvalue weighted by atomic mass is 16.2. The van der Waals surface area contributed by atoms with Crippen molar-refractivity contribution in [3.8, 4) is 0 Å². The van der Waals surface area contributed by atoms with Gasteiger partial charge in [-0.1, -0.05) is 60.7 Å². The van der Waals surface area contributed by atoms with E-state index in [-0.39, 0.29) is 23.1 Å². The summed E-state index contributed by atoms with van der Waals surface area (Å²) in [4.78, 5) is 41.2. The van der Waals surface area contributed by atoms with Crippen molar-refractivity contribution >= 4 is 11.8 Å². The number of amides is 2. The van der Waals surface area contributed by atoms with Crippen LogP contribution in [0.5, 0.6) is 0 Å². The zero-order chi connectivity index (χ0) is 24.1. The summed E-state index contributed by atoms with van der Waals surface area (Å²) in [5.41, 5.74) is 1.83. The van der Waals surface area contributed by atoms with Crippen LogP contribution in [0.25, 0.3) is 0 Å². The minimum Gasteiger partial charge on any atom is -0.350 e. The Labute approximate surface area is 200 Å². The van der Waals surface area contributed by atoms with Crippen LogP contribution in [0.1, 0.15) is 64.4 Å². The lowest BCUT2D eigenvalue weighted by molar-refractivity contribution is 0.0710. The van der Waals surface area contributed by atoms with Gasteiger partial charge in [-0.15, -0.1) is 0 Å².